The number of benzene rings is 2. The maximum absolute atomic E-state index is 9.12. The molecule has 0 unspecified atom stereocenters. The van der Waals surface area contributed by atoms with Gasteiger partial charge in [0.2, 0.25) is 0 Å². The molecule has 0 spiro atoms. The van der Waals surface area contributed by atoms with Crippen molar-refractivity contribution in [3.05, 3.63) is 59.7 Å². The molecule has 3 heteroatoms. The monoisotopic (exact) mass is 253 g/mol. The van der Waals surface area contributed by atoms with Crippen LogP contribution in [0.2, 0.25) is 0 Å². The van der Waals surface area contributed by atoms with Crippen molar-refractivity contribution in [3.63, 3.8) is 0 Å². The van der Waals surface area contributed by atoms with E-state index in [0.29, 0.717) is 30.3 Å². The van der Waals surface area contributed by atoms with E-state index in [4.69, 9.17) is 14.7 Å². The average molecular weight is 253 g/mol. The maximum Gasteiger partial charge on any atom is 0.179 e. The molecule has 2 aromatic carbocycles. The first-order chi connectivity index (χ1) is 9.35. The van der Waals surface area contributed by atoms with E-state index < -0.39 is 0 Å². The van der Waals surface area contributed by atoms with E-state index in [-0.39, 0.29) is 0 Å². The Balaban J connectivity index is 2.21. The molecule has 0 bridgehead atoms. The van der Waals surface area contributed by atoms with Crippen LogP contribution in [0.3, 0.4) is 0 Å². The molecule has 0 N–H and O–H groups in total. The Morgan fingerprint density at radius 1 is 1.00 bits per heavy atom. The normalized spacial score (nSPS) is 9.68. The van der Waals surface area contributed by atoms with Gasteiger partial charge in [-0.05, 0) is 24.6 Å². The predicted octanol–water partition coefficient (Wildman–Crippen LogP) is 3.54. The van der Waals surface area contributed by atoms with Gasteiger partial charge in [0.1, 0.15) is 12.7 Å². The summed E-state index contributed by atoms with van der Waals surface area (Å²) in [6, 6.07) is 17.3. The minimum atomic E-state index is 0.416. The van der Waals surface area contributed by atoms with Gasteiger partial charge in [-0.2, -0.15) is 5.26 Å². The highest BCUT2D eigenvalue weighted by molar-refractivity contribution is 5.52. The van der Waals surface area contributed by atoms with Gasteiger partial charge in [-0.15, -0.1) is 0 Å². The van der Waals surface area contributed by atoms with Crippen molar-refractivity contribution >= 4 is 0 Å². The first-order valence-corrected chi connectivity index (χ1v) is 6.17. The quantitative estimate of drug-likeness (QED) is 0.818. The van der Waals surface area contributed by atoms with Crippen molar-refractivity contribution in [2.75, 3.05) is 6.61 Å². The Morgan fingerprint density at radius 2 is 1.79 bits per heavy atom. The molecule has 0 saturated heterocycles. The third-order valence-electron chi connectivity index (χ3n) is 2.63. The van der Waals surface area contributed by atoms with Crippen molar-refractivity contribution in [1.29, 1.82) is 5.26 Å². The second-order valence-electron chi connectivity index (χ2n) is 3.95. The SMILES string of the molecule is CCOc1cccc(C#N)c1OCc1ccccc1. The van der Waals surface area contributed by atoms with Crippen LogP contribution < -0.4 is 9.47 Å². The van der Waals surface area contributed by atoms with Gasteiger partial charge < -0.3 is 9.47 Å². The fourth-order valence-electron chi connectivity index (χ4n) is 1.75. The fourth-order valence-corrected chi connectivity index (χ4v) is 1.75. The number of nitrogens with zero attached hydrogens (tertiary/aromatic N) is 1. The molecule has 0 saturated carbocycles. The van der Waals surface area contributed by atoms with Crippen LogP contribution in [0.25, 0.3) is 0 Å². The molecule has 0 aromatic heterocycles. The molecule has 19 heavy (non-hydrogen) atoms. The van der Waals surface area contributed by atoms with Crippen molar-refractivity contribution in [1.82, 2.24) is 0 Å². The lowest BCUT2D eigenvalue weighted by atomic mass is 10.2. The summed E-state index contributed by atoms with van der Waals surface area (Å²) in [5.74, 6) is 1.12. The molecule has 0 aliphatic carbocycles. The van der Waals surface area contributed by atoms with Crippen molar-refractivity contribution in [3.8, 4) is 17.6 Å². The summed E-state index contributed by atoms with van der Waals surface area (Å²) in [4.78, 5) is 0. The summed E-state index contributed by atoms with van der Waals surface area (Å²) in [5.41, 5.74) is 1.54. The Labute approximate surface area is 113 Å². The highest BCUT2D eigenvalue weighted by Crippen LogP contribution is 2.31. The lowest BCUT2D eigenvalue weighted by Gasteiger charge is -2.13. The number of hydrogen-bond acceptors (Lipinski definition) is 3. The molecule has 2 rings (SSSR count). The summed E-state index contributed by atoms with van der Waals surface area (Å²) in [6.07, 6.45) is 0. The van der Waals surface area contributed by atoms with Crippen molar-refractivity contribution in [2.24, 2.45) is 0 Å². The second kappa shape index (κ2) is 6.46. The number of para-hydroxylation sites is 1. The van der Waals surface area contributed by atoms with Gasteiger partial charge in [-0.1, -0.05) is 36.4 Å². The van der Waals surface area contributed by atoms with E-state index in [0.717, 1.165) is 5.56 Å². The maximum atomic E-state index is 9.12. The first kappa shape index (κ1) is 13.0. The molecular formula is C16H15NO2. The highest BCUT2D eigenvalue weighted by Gasteiger charge is 2.10. The van der Waals surface area contributed by atoms with Crippen molar-refractivity contribution < 1.29 is 9.47 Å². The lowest BCUT2D eigenvalue weighted by molar-refractivity contribution is 0.268. The molecule has 0 aliphatic rings. The zero-order valence-corrected chi connectivity index (χ0v) is 10.8. The number of ether oxygens (including phenoxy) is 2. The summed E-state index contributed by atoms with van der Waals surface area (Å²) in [6.45, 7) is 2.86. The van der Waals surface area contributed by atoms with Gasteiger partial charge >= 0.3 is 0 Å². The lowest BCUT2D eigenvalue weighted by Crippen LogP contribution is -2.01. The van der Waals surface area contributed by atoms with Crippen LogP contribution >= 0.6 is 0 Å². The van der Waals surface area contributed by atoms with Gasteiger partial charge in [0.05, 0.1) is 12.2 Å². The van der Waals surface area contributed by atoms with E-state index >= 15 is 0 Å². The molecule has 96 valence electrons. The molecule has 0 radical (unpaired) electrons. The average Bonchev–Trinajstić information content (AvgIpc) is 2.47. The molecule has 0 heterocycles. The molecule has 3 nitrogen and oxygen atoms in total. The van der Waals surface area contributed by atoms with Gasteiger partial charge in [-0.3, -0.25) is 0 Å². The smallest absolute Gasteiger partial charge is 0.179 e. The van der Waals surface area contributed by atoms with E-state index in [1.165, 1.54) is 0 Å². The van der Waals surface area contributed by atoms with Crippen LogP contribution in [0.5, 0.6) is 11.5 Å². The van der Waals surface area contributed by atoms with Crippen LogP contribution in [0.15, 0.2) is 48.5 Å². The summed E-state index contributed by atoms with van der Waals surface area (Å²) in [5, 5.41) is 9.12. The topological polar surface area (TPSA) is 42.2 Å². The Kier molecular flexibility index (Phi) is 4.41. The molecule has 0 aliphatic heterocycles. The molecule has 0 amide bonds. The standard InChI is InChI=1S/C16H15NO2/c1-2-18-15-10-6-9-14(11-17)16(15)19-12-13-7-4-3-5-8-13/h3-10H,2,12H2,1H3. The largest absolute Gasteiger partial charge is 0.490 e. The number of hydrogen-bond donors (Lipinski definition) is 0. The zero-order valence-electron chi connectivity index (χ0n) is 10.8. The third kappa shape index (κ3) is 3.26. The van der Waals surface area contributed by atoms with E-state index in [1.54, 1.807) is 12.1 Å². The first-order valence-electron chi connectivity index (χ1n) is 6.17. The molecule has 0 fully saturated rings. The number of nitriles is 1. The Morgan fingerprint density at radius 3 is 2.47 bits per heavy atom. The molecular weight excluding hydrogens is 238 g/mol. The van der Waals surface area contributed by atoms with E-state index in [9.17, 15) is 0 Å². The van der Waals surface area contributed by atoms with Crippen LogP contribution in [0, 0.1) is 11.3 Å². The molecule has 2 aromatic rings. The predicted molar refractivity (Wildman–Crippen MR) is 73.1 cm³/mol. The summed E-state index contributed by atoms with van der Waals surface area (Å²) >= 11 is 0. The fraction of sp³-hybridized carbons (Fsp3) is 0.188. The summed E-state index contributed by atoms with van der Waals surface area (Å²) in [7, 11) is 0. The van der Waals surface area contributed by atoms with Gasteiger partial charge in [-0.25, -0.2) is 0 Å². The van der Waals surface area contributed by atoms with E-state index in [2.05, 4.69) is 6.07 Å². The van der Waals surface area contributed by atoms with E-state index in [1.807, 2.05) is 43.3 Å². The van der Waals surface area contributed by atoms with Crippen molar-refractivity contribution in [2.45, 2.75) is 13.5 Å². The van der Waals surface area contributed by atoms with Crippen LogP contribution in [-0.2, 0) is 6.61 Å². The Bertz CT molecular complexity index is 573. The minimum Gasteiger partial charge on any atom is -0.490 e. The number of rotatable bonds is 5. The van der Waals surface area contributed by atoms with Gasteiger partial charge in [0.25, 0.3) is 0 Å². The third-order valence-corrected chi connectivity index (χ3v) is 2.63. The zero-order chi connectivity index (χ0) is 13.5. The van der Waals surface area contributed by atoms with Crippen LogP contribution in [0.4, 0.5) is 0 Å². The Hall–Kier alpha value is -2.47. The highest BCUT2D eigenvalue weighted by atomic mass is 16.5. The summed E-state index contributed by atoms with van der Waals surface area (Å²) < 4.78 is 11.2. The van der Waals surface area contributed by atoms with Crippen LogP contribution in [0.1, 0.15) is 18.1 Å². The van der Waals surface area contributed by atoms with Crippen LogP contribution in [-0.4, -0.2) is 6.61 Å². The second-order valence-corrected chi connectivity index (χ2v) is 3.95. The van der Waals surface area contributed by atoms with Gasteiger partial charge in [0, 0.05) is 0 Å². The molecule has 0 atom stereocenters. The minimum absolute atomic E-state index is 0.416. The van der Waals surface area contributed by atoms with Gasteiger partial charge in [0.15, 0.2) is 11.5 Å².